The topological polar surface area (TPSA) is 46.5 Å². The van der Waals surface area contributed by atoms with E-state index in [1.807, 2.05) is 0 Å². The van der Waals surface area contributed by atoms with E-state index in [9.17, 15) is 9.90 Å². The van der Waals surface area contributed by atoms with Crippen molar-refractivity contribution in [2.75, 3.05) is 6.61 Å². The minimum Gasteiger partial charge on any atom is -0.481 e. The monoisotopic (exact) mass is 196 g/mol. The van der Waals surface area contributed by atoms with Crippen LogP contribution in [0.4, 0.5) is 0 Å². The highest BCUT2D eigenvalue weighted by molar-refractivity contribution is 5.73. The van der Waals surface area contributed by atoms with E-state index >= 15 is 0 Å². The van der Waals surface area contributed by atoms with Crippen LogP contribution in [0.5, 0.6) is 0 Å². The molecule has 3 aliphatic rings. The third-order valence-electron chi connectivity index (χ3n) is 4.55. The zero-order chi connectivity index (χ0) is 9.76. The Morgan fingerprint density at radius 3 is 2.71 bits per heavy atom. The number of carboxylic acid groups (broad SMARTS) is 1. The van der Waals surface area contributed by atoms with Crippen LogP contribution in [-0.4, -0.2) is 23.8 Å². The van der Waals surface area contributed by atoms with Crippen LogP contribution in [0.2, 0.25) is 0 Å². The molecule has 0 bridgehead atoms. The van der Waals surface area contributed by atoms with Gasteiger partial charge in [0.15, 0.2) is 0 Å². The van der Waals surface area contributed by atoms with Crippen molar-refractivity contribution in [3.63, 3.8) is 0 Å². The quantitative estimate of drug-likeness (QED) is 0.693. The van der Waals surface area contributed by atoms with Crippen molar-refractivity contribution >= 4 is 5.97 Å². The lowest BCUT2D eigenvalue weighted by Crippen LogP contribution is -2.60. The second-order valence-corrected chi connectivity index (χ2v) is 5.00. The Hall–Kier alpha value is -0.570. The summed E-state index contributed by atoms with van der Waals surface area (Å²) in [6, 6.07) is 0. The minimum atomic E-state index is -0.585. The van der Waals surface area contributed by atoms with E-state index in [1.54, 1.807) is 0 Å². The Bertz CT molecular complexity index is 268. The molecule has 2 saturated carbocycles. The summed E-state index contributed by atoms with van der Waals surface area (Å²) in [7, 11) is 0. The molecule has 0 aromatic carbocycles. The zero-order valence-corrected chi connectivity index (χ0v) is 8.24. The molecule has 1 saturated heterocycles. The van der Waals surface area contributed by atoms with Crippen LogP contribution in [0.25, 0.3) is 0 Å². The van der Waals surface area contributed by atoms with Crippen molar-refractivity contribution in [2.45, 2.75) is 38.2 Å². The molecule has 1 heterocycles. The van der Waals surface area contributed by atoms with Crippen molar-refractivity contribution in [1.29, 1.82) is 0 Å². The molecule has 0 aromatic rings. The molecule has 3 rings (SSSR count). The largest absolute Gasteiger partial charge is 0.481 e. The maximum Gasteiger partial charge on any atom is 0.307 e. The molecule has 1 aliphatic heterocycles. The first-order valence-electron chi connectivity index (χ1n) is 5.60. The van der Waals surface area contributed by atoms with E-state index in [-0.39, 0.29) is 17.4 Å². The number of rotatable bonds is 1. The van der Waals surface area contributed by atoms with Gasteiger partial charge in [-0.3, -0.25) is 4.79 Å². The third-order valence-corrected chi connectivity index (χ3v) is 4.55. The van der Waals surface area contributed by atoms with Crippen LogP contribution in [0.15, 0.2) is 0 Å². The molecule has 1 spiro atoms. The summed E-state index contributed by atoms with van der Waals surface area (Å²) in [4.78, 5) is 11.2. The highest BCUT2D eigenvalue weighted by Crippen LogP contribution is 2.64. The predicted octanol–water partition coefficient (Wildman–Crippen LogP) is 1.67. The lowest BCUT2D eigenvalue weighted by atomic mass is 9.50. The van der Waals surface area contributed by atoms with Crippen molar-refractivity contribution in [3.8, 4) is 0 Å². The van der Waals surface area contributed by atoms with E-state index < -0.39 is 5.97 Å². The molecule has 3 atom stereocenters. The summed E-state index contributed by atoms with van der Waals surface area (Å²) < 4.78 is 5.71. The number of hydrogen-bond donors (Lipinski definition) is 1. The molecule has 3 fully saturated rings. The van der Waals surface area contributed by atoms with Crippen LogP contribution in [0.1, 0.15) is 32.1 Å². The molecule has 14 heavy (non-hydrogen) atoms. The van der Waals surface area contributed by atoms with E-state index in [0.717, 1.165) is 25.9 Å². The van der Waals surface area contributed by atoms with Gasteiger partial charge in [-0.1, -0.05) is 12.8 Å². The number of aliphatic carboxylic acids is 1. The summed E-state index contributed by atoms with van der Waals surface area (Å²) in [5.41, 5.74) is 0.0347. The first kappa shape index (κ1) is 8.72. The average Bonchev–Trinajstić information content (AvgIpc) is 2.68. The Balaban J connectivity index is 1.91. The van der Waals surface area contributed by atoms with Crippen LogP contribution < -0.4 is 0 Å². The first-order chi connectivity index (χ1) is 6.76. The van der Waals surface area contributed by atoms with Gasteiger partial charge >= 0.3 is 5.97 Å². The van der Waals surface area contributed by atoms with E-state index in [2.05, 4.69) is 0 Å². The summed E-state index contributed by atoms with van der Waals surface area (Å²) in [5.74, 6) is -0.359. The number of carbonyl (C=O) groups is 1. The van der Waals surface area contributed by atoms with Gasteiger partial charge in [-0.15, -0.1) is 0 Å². The summed E-state index contributed by atoms with van der Waals surface area (Å²) in [6.07, 6.45) is 5.78. The van der Waals surface area contributed by atoms with Crippen molar-refractivity contribution in [1.82, 2.24) is 0 Å². The fraction of sp³-hybridized carbons (Fsp3) is 0.909. The lowest BCUT2D eigenvalue weighted by molar-refractivity contribution is -0.189. The number of ether oxygens (including phenoxy) is 1. The fourth-order valence-electron chi connectivity index (χ4n) is 4.08. The summed E-state index contributed by atoms with van der Waals surface area (Å²) in [5, 5.41) is 9.25. The molecule has 3 heteroatoms. The Kier molecular flexibility index (Phi) is 1.69. The van der Waals surface area contributed by atoms with Gasteiger partial charge in [-0.2, -0.15) is 0 Å². The number of hydrogen-bond acceptors (Lipinski definition) is 2. The minimum absolute atomic E-state index is 0.0347. The van der Waals surface area contributed by atoms with Gasteiger partial charge in [0.05, 0.1) is 12.0 Å². The van der Waals surface area contributed by atoms with Gasteiger partial charge in [0.25, 0.3) is 0 Å². The van der Waals surface area contributed by atoms with Crippen molar-refractivity contribution < 1.29 is 14.6 Å². The van der Waals surface area contributed by atoms with Crippen LogP contribution in [0, 0.1) is 17.3 Å². The van der Waals surface area contributed by atoms with Gasteiger partial charge in [0.1, 0.15) is 0 Å². The van der Waals surface area contributed by atoms with Crippen molar-refractivity contribution in [3.05, 3.63) is 0 Å². The molecule has 1 N–H and O–H groups in total. The Labute approximate surface area is 83.4 Å². The smallest absolute Gasteiger partial charge is 0.307 e. The Morgan fingerprint density at radius 1 is 1.36 bits per heavy atom. The van der Waals surface area contributed by atoms with Gasteiger partial charge in [-0.25, -0.2) is 0 Å². The SMILES string of the molecule is O=C(O)[C@@H]1[C@H]2CCO[C@@H]2C12CCCC2. The Morgan fingerprint density at radius 2 is 2.07 bits per heavy atom. The maximum atomic E-state index is 11.2. The van der Waals surface area contributed by atoms with Gasteiger partial charge in [-0.05, 0) is 19.3 Å². The molecule has 0 amide bonds. The van der Waals surface area contributed by atoms with Crippen LogP contribution >= 0.6 is 0 Å². The third kappa shape index (κ3) is 0.842. The van der Waals surface area contributed by atoms with Crippen molar-refractivity contribution in [2.24, 2.45) is 17.3 Å². The number of fused-ring (bicyclic) bond motifs is 2. The van der Waals surface area contributed by atoms with E-state index in [0.29, 0.717) is 5.92 Å². The predicted molar refractivity (Wildman–Crippen MR) is 49.9 cm³/mol. The zero-order valence-electron chi connectivity index (χ0n) is 8.24. The second-order valence-electron chi connectivity index (χ2n) is 5.00. The van der Waals surface area contributed by atoms with Gasteiger partial charge < -0.3 is 9.84 Å². The first-order valence-corrected chi connectivity index (χ1v) is 5.60. The molecule has 0 aromatic heterocycles. The molecule has 0 radical (unpaired) electrons. The van der Waals surface area contributed by atoms with Gasteiger partial charge in [0.2, 0.25) is 0 Å². The molecule has 3 nitrogen and oxygen atoms in total. The fourth-order valence-corrected chi connectivity index (χ4v) is 4.08. The molecular formula is C11H16O3. The lowest BCUT2D eigenvalue weighted by Gasteiger charge is -2.54. The average molecular weight is 196 g/mol. The number of carboxylic acids is 1. The summed E-state index contributed by atoms with van der Waals surface area (Å²) >= 11 is 0. The highest BCUT2D eigenvalue weighted by atomic mass is 16.5. The standard InChI is InChI=1S/C11H16O3/c12-10(13)8-7-3-6-14-9(7)11(8)4-1-2-5-11/h7-9H,1-6H2,(H,12,13)/t7-,8+,9+/m1/s1. The van der Waals surface area contributed by atoms with E-state index in [4.69, 9.17) is 4.74 Å². The molecule has 0 unspecified atom stereocenters. The van der Waals surface area contributed by atoms with E-state index in [1.165, 1.54) is 12.8 Å². The normalized spacial score (nSPS) is 43.6. The molecule has 78 valence electrons. The summed E-state index contributed by atoms with van der Waals surface area (Å²) in [6.45, 7) is 0.779. The molecular weight excluding hydrogens is 180 g/mol. The molecule has 2 aliphatic carbocycles. The maximum absolute atomic E-state index is 11.2. The second kappa shape index (κ2) is 2.72. The van der Waals surface area contributed by atoms with Crippen LogP contribution in [0.3, 0.4) is 0 Å². The van der Waals surface area contributed by atoms with Gasteiger partial charge in [0, 0.05) is 17.9 Å². The highest BCUT2D eigenvalue weighted by Gasteiger charge is 2.67. The van der Waals surface area contributed by atoms with Crippen LogP contribution in [-0.2, 0) is 9.53 Å².